The van der Waals surface area contributed by atoms with Crippen LogP contribution in [0.15, 0.2) is 0 Å². The van der Waals surface area contributed by atoms with Gasteiger partial charge in [0.15, 0.2) is 0 Å². The van der Waals surface area contributed by atoms with Gasteiger partial charge in [-0.1, -0.05) is 13.3 Å². The lowest BCUT2D eigenvalue weighted by atomic mass is 10.0. The zero-order chi connectivity index (χ0) is 11.3. The van der Waals surface area contributed by atoms with Gasteiger partial charge in [0.05, 0.1) is 5.75 Å². The lowest BCUT2D eigenvalue weighted by molar-refractivity contribution is 0.246. The van der Waals surface area contributed by atoms with Crippen molar-refractivity contribution in [3.63, 3.8) is 0 Å². The van der Waals surface area contributed by atoms with Gasteiger partial charge >= 0.3 is 0 Å². The molecule has 0 spiro atoms. The van der Waals surface area contributed by atoms with Gasteiger partial charge in [0, 0.05) is 18.5 Å². The van der Waals surface area contributed by atoms with E-state index in [2.05, 4.69) is 6.92 Å². The Morgan fingerprint density at radius 3 is 2.73 bits per heavy atom. The molecule has 1 rings (SSSR count). The van der Waals surface area contributed by atoms with Gasteiger partial charge in [0.2, 0.25) is 10.0 Å². The molecule has 0 aromatic rings. The van der Waals surface area contributed by atoms with Gasteiger partial charge in [-0.05, 0) is 25.7 Å². The standard InChI is InChI=1S/C10H20ClNO2S/c1-2-10-6-3-4-8-12(10)15(13,14)9-5-7-11/h10H,2-9H2,1H3. The van der Waals surface area contributed by atoms with Crippen LogP contribution in [0.5, 0.6) is 0 Å². The SMILES string of the molecule is CCC1CCCCN1S(=O)(=O)CCCCl. The largest absolute Gasteiger partial charge is 0.214 e. The van der Waals surface area contributed by atoms with Crippen LogP contribution in [0.3, 0.4) is 0 Å². The Labute approximate surface area is 97.8 Å². The second-order valence-corrected chi connectivity index (χ2v) is 6.45. The Morgan fingerprint density at radius 2 is 2.13 bits per heavy atom. The smallest absolute Gasteiger partial charge is 0.212 e. The van der Waals surface area contributed by atoms with Gasteiger partial charge in [0.25, 0.3) is 0 Å². The van der Waals surface area contributed by atoms with Crippen LogP contribution in [0.25, 0.3) is 0 Å². The molecule has 1 aliphatic heterocycles. The maximum atomic E-state index is 12.0. The van der Waals surface area contributed by atoms with Crippen LogP contribution in [-0.4, -0.2) is 36.9 Å². The first-order valence-electron chi connectivity index (χ1n) is 5.67. The first-order chi connectivity index (χ1) is 7.11. The number of piperidine rings is 1. The Hall–Kier alpha value is 0.200. The summed E-state index contributed by atoms with van der Waals surface area (Å²) in [5.41, 5.74) is 0. The summed E-state index contributed by atoms with van der Waals surface area (Å²) in [6, 6.07) is 0.221. The highest BCUT2D eigenvalue weighted by atomic mass is 35.5. The van der Waals surface area contributed by atoms with Gasteiger partial charge in [-0.2, -0.15) is 4.31 Å². The fourth-order valence-electron chi connectivity index (χ4n) is 2.10. The summed E-state index contributed by atoms with van der Waals surface area (Å²) >= 11 is 5.53. The summed E-state index contributed by atoms with van der Waals surface area (Å²) < 4.78 is 25.7. The van der Waals surface area contributed by atoms with E-state index >= 15 is 0 Å². The zero-order valence-corrected chi connectivity index (χ0v) is 10.9. The van der Waals surface area contributed by atoms with E-state index in [9.17, 15) is 8.42 Å². The molecule has 3 nitrogen and oxygen atoms in total. The van der Waals surface area contributed by atoms with Crippen molar-refractivity contribution in [2.75, 3.05) is 18.2 Å². The Morgan fingerprint density at radius 1 is 1.40 bits per heavy atom. The van der Waals surface area contributed by atoms with Crippen LogP contribution in [0.2, 0.25) is 0 Å². The number of nitrogens with zero attached hydrogens (tertiary/aromatic N) is 1. The van der Waals surface area contributed by atoms with Gasteiger partial charge in [-0.15, -0.1) is 11.6 Å². The van der Waals surface area contributed by atoms with Crippen molar-refractivity contribution in [3.8, 4) is 0 Å². The molecule has 0 aromatic heterocycles. The molecule has 0 N–H and O–H groups in total. The molecule has 1 aliphatic rings. The zero-order valence-electron chi connectivity index (χ0n) is 9.28. The summed E-state index contributed by atoms with van der Waals surface area (Å²) in [6.07, 6.45) is 4.63. The highest BCUT2D eigenvalue weighted by Crippen LogP contribution is 2.23. The van der Waals surface area contributed by atoms with Gasteiger partial charge in [0.1, 0.15) is 0 Å². The topological polar surface area (TPSA) is 37.4 Å². The van der Waals surface area contributed by atoms with E-state index in [0.29, 0.717) is 18.8 Å². The molecule has 1 heterocycles. The minimum atomic E-state index is -3.06. The van der Waals surface area contributed by atoms with Crippen LogP contribution < -0.4 is 0 Å². The van der Waals surface area contributed by atoms with Crippen LogP contribution in [0, 0.1) is 0 Å². The van der Waals surface area contributed by atoms with Crippen LogP contribution in [0.4, 0.5) is 0 Å². The number of hydrogen-bond donors (Lipinski definition) is 0. The molecule has 90 valence electrons. The molecule has 15 heavy (non-hydrogen) atoms. The van der Waals surface area contributed by atoms with E-state index in [-0.39, 0.29) is 11.8 Å². The third-order valence-electron chi connectivity index (χ3n) is 2.94. The monoisotopic (exact) mass is 253 g/mol. The van der Waals surface area contributed by atoms with E-state index in [1.165, 1.54) is 0 Å². The summed E-state index contributed by atoms with van der Waals surface area (Å²) in [7, 11) is -3.06. The quantitative estimate of drug-likeness (QED) is 0.705. The minimum absolute atomic E-state index is 0.201. The van der Waals surface area contributed by atoms with Crippen molar-refractivity contribution in [3.05, 3.63) is 0 Å². The Balaban J connectivity index is 2.65. The normalized spacial score (nSPS) is 24.3. The minimum Gasteiger partial charge on any atom is -0.212 e. The van der Waals surface area contributed by atoms with Gasteiger partial charge in [-0.3, -0.25) is 0 Å². The summed E-state index contributed by atoms with van der Waals surface area (Å²) in [5.74, 6) is 0.622. The molecule has 0 saturated carbocycles. The van der Waals surface area contributed by atoms with E-state index in [1.54, 1.807) is 4.31 Å². The second kappa shape index (κ2) is 6.06. The molecule has 0 aromatic carbocycles. The van der Waals surface area contributed by atoms with Crippen molar-refractivity contribution in [2.24, 2.45) is 0 Å². The number of halogens is 1. The molecule has 0 amide bonds. The summed E-state index contributed by atoms with van der Waals surface area (Å²) in [6.45, 7) is 2.75. The Bertz CT molecular complexity index is 279. The number of rotatable bonds is 5. The molecular weight excluding hydrogens is 234 g/mol. The maximum absolute atomic E-state index is 12.0. The molecular formula is C10H20ClNO2S. The van der Waals surface area contributed by atoms with Crippen molar-refractivity contribution in [1.29, 1.82) is 0 Å². The van der Waals surface area contributed by atoms with Crippen LogP contribution >= 0.6 is 11.6 Å². The molecule has 0 radical (unpaired) electrons. The first-order valence-corrected chi connectivity index (χ1v) is 7.81. The van der Waals surface area contributed by atoms with Crippen LogP contribution in [-0.2, 0) is 10.0 Å². The average molecular weight is 254 g/mol. The second-order valence-electron chi connectivity index (χ2n) is 4.03. The maximum Gasteiger partial charge on any atom is 0.214 e. The number of alkyl halides is 1. The average Bonchev–Trinajstić information content (AvgIpc) is 2.26. The lowest BCUT2D eigenvalue weighted by Gasteiger charge is -2.34. The lowest BCUT2D eigenvalue weighted by Crippen LogP contribution is -2.44. The fraction of sp³-hybridized carbons (Fsp3) is 1.00. The van der Waals surface area contributed by atoms with E-state index < -0.39 is 10.0 Å². The summed E-state index contributed by atoms with van der Waals surface area (Å²) in [4.78, 5) is 0. The Kier molecular flexibility index (Phi) is 5.36. The third kappa shape index (κ3) is 3.61. The highest BCUT2D eigenvalue weighted by Gasteiger charge is 2.30. The molecule has 0 bridgehead atoms. The van der Waals surface area contributed by atoms with Gasteiger partial charge in [-0.25, -0.2) is 8.42 Å². The van der Waals surface area contributed by atoms with Crippen molar-refractivity contribution < 1.29 is 8.42 Å². The predicted molar refractivity (Wildman–Crippen MR) is 63.8 cm³/mol. The predicted octanol–water partition coefficient (Wildman–Crippen LogP) is 2.21. The molecule has 1 unspecified atom stereocenters. The van der Waals surface area contributed by atoms with E-state index in [1.807, 2.05) is 0 Å². The summed E-state index contributed by atoms with van der Waals surface area (Å²) in [5, 5.41) is 0. The molecule has 0 aliphatic carbocycles. The molecule has 5 heteroatoms. The third-order valence-corrected chi connectivity index (χ3v) is 5.20. The van der Waals surface area contributed by atoms with Crippen molar-refractivity contribution in [1.82, 2.24) is 4.31 Å². The van der Waals surface area contributed by atoms with Crippen molar-refractivity contribution in [2.45, 2.75) is 45.1 Å². The fourth-order valence-corrected chi connectivity index (χ4v) is 4.25. The van der Waals surface area contributed by atoms with Crippen LogP contribution in [0.1, 0.15) is 39.0 Å². The molecule has 1 atom stereocenters. The van der Waals surface area contributed by atoms with E-state index in [0.717, 1.165) is 25.7 Å². The van der Waals surface area contributed by atoms with Crippen molar-refractivity contribution >= 4 is 21.6 Å². The molecule has 1 fully saturated rings. The molecule has 1 saturated heterocycles. The number of sulfonamides is 1. The highest BCUT2D eigenvalue weighted by molar-refractivity contribution is 7.89. The van der Waals surface area contributed by atoms with E-state index in [4.69, 9.17) is 11.6 Å². The van der Waals surface area contributed by atoms with Gasteiger partial charge < -0.3 is 0 Å². The number of hydrogen-bond acceptors (Lipinski definition) is 2. The first kappa shape index (κ1) is 13.3.